The van der Waals surface area contributed by atoms with E-state index < -0.39 is 29.6 Å². The Morgan fingerprint density at radius 1 is 1.21 bits per heavy atom. The van der Waals surface area contributed by atoms with Crippen LogP contribution in [0.2, 0.25) is 0 Å². The summed E-state index contributed by atoms with van der Waals surface area (Å²) < 4.78 is 69.2. The summed E-state index contributed by atoms with van der Waals surface area (Å²) in [5.74, 6) is -3.34. The molecule has 0 radical (unpaired) electrons. The standard InChI is InChI=1S/C21H21F5N6OS/c1-31-20(32-8-3-4-11(7-9-32)21(24,25)26)14(10-28-31)29-18(33)16-17(27)34-19(30-16)15-12(22)5-2-6-13(15)23/h2,5-6,10-11H,3-4,7-9,27H2,1H3,(H,29,33). The van der Waals surface area contributed by atoms with Gasteiger partial charge in [-0.1, -0.05) is 17.4 Å². The highest BCUT2D eigenvalue weighted by atomic mass is 32.1. The lowest BCUT2D eigenvalue weighted by Crippen LogP contribution is -2.29. The number of rotatable bonds is 4. The Morgan fingerprint density at radius 2 is 1.91 bits per heavy atom. The van der Waals surface area contributed by atoms with Crippen LogP contribution < -0.4 is 16.0 Å². The fourth-order valence-electron chi connectivity index (χ4n) is 4.01. The van der Waals surface area contributed by atoms with E-state index in [2.05, 4.69) is 15.4 Å². The number of hydrogen-bond donors (Lipinski definition) is 2. The number of hydrogen-bond acceptors (Lipinski definition) is 6. The Hall–Kier alpha value is -3.22. The van der Waals surface area contributed by atoms with Gasteiger partial charge in [0, 0.05) is 20.1 Å². The molecule has 3 aromatic rings. The fourth-order valence-corrected chi connectivity index (χ4v) is 4.89. The molecule has 0 saturated carbocycles. The highest BCUT2D eigenvalue weighted by Gasteiger charge is 2.40. The fraction of sp³-hybridized carbons (Fsp3) is 0.381. The molecule has 3 heterocycles. The number of carbonyl (C=O) groups is 1. The zero-order chi connectivity index (χ0) is 24.6. The molecule has 0 aliphatic carbocycles. The Labute approximate surface area is 195 Å². The lowest BCUT2D eigenvalue weighted by Gasteiger charge is -2.24. The minimum Gasteiger partial charge on any atom is -0.389 e. The van der Waals surface area contributed by atoms with Crippen LogP contribution in [0.4, 0.5) is 38.5 Å². The predicted octanol–water partition coefficient (Wildman–Crippen LogP) is 4.83. The van der Waals surface area contributed by atoms with E-state index in [4.69, 9.17) is 5.73 Å². The summed E-state index contributed by atoms with van der Waals surface area (Å²) in [6.07, 6.45) is -2.58. The van der Waals surface area contributed by atoms with E-state index in [0.717, 1.165) is 23.5 Å². The molecule has 7 nitrogen and oxygen atoms in total. The maximum absolute atomic E-state index is 14.1. The van der Waals surface area contributed by atoms with E-state index in [0.29, 0.717) is 18.8 Å². The average molecular weight is 500 g/mol. The van der Waals surface area contributed by atoms with Crippen molar-refractivity contribution in [3.63, 3.8) is 0 Å². The van der Waals surface area contributed by atoms with Gasteiger partial charge in [0.25, 0.3) is 5.91 Å². The number of anilines is 3. The summed E-state index contributed by atoms with van der Waals surface area (Å²) in [6.45, 7) is 0.507. The van der Waals surface area contributed by atoms with Crippen LogP contribution in [-0.4, -0.2) is 39.9 Å². The number of thiazole rings is 1. The van der Waals surface area contributed by atoms with Crippen LogP contribution in [0, 0.1) is 17.6 Å². The monoisotopic (exact) mass is 500 g/mol. The number of amides is 1. The van der Waals surface area contributed by atoms with Crippen LogP contribution in [0.15, 0.2) is 24.4 Å². The van der Waals surface area contributed by atoms with Gasteiger partial charge in [0.15, 0.2) is 11.5 Å². The van der Waals surface area contributed by atoms with Crippen molar-refractivity contribution in [2.45, 2.75) is 25.4 Å². The largest absolute Gasteiger partial charge is 0.391 e. The van der Waals surface area contributed by atoms with Gasteiger partial charge in [0.05, 0.1) is 17.7 Å². The molecule has 2 aromatic heterocycles. The number of nitrogens with zero attached hydrogens (tertiary/aromatic N) is 4. The highest BCUT2D eigenvalue weighted by molar-refractivity contribution is 7.19. The molecular weight excluding hydrogens is 479 g/mol. The zero-order valence-corrected chi connectivity index (χ0v) is 18.8. The van der Waals surface area contributed by atoms with E-state index in [-0.39, 0.29) is 46.3 Å². The summed E-state index contributed by atoms with van der Waals surface area (Å²) in [7, 11) is 1.62. The minimum atomic E-state index is -4.25. The number of nitrogens with one attached hydrogen (secondary N) is 1. The smallest absolute Gasteiger partial charge is 0.389 e. The van der Waals surface area contributed by atoms with Gasteiger partial charge >= 0.3 is 6.18 Å². The lowest BCUT2D eigenvalue weighted by atomic mass is 10.0. The normalized spacial score (nSPS) is 17.0. The SMILES string of the molecule is Cn1ncc(NC(=O)c2nc(-c3c(F)cccc3F)sc2N)c1N1CCCC(C(F)(F)F)CC1. The van der Waals surface area contributed by atoms with Crippen molar-refractivity contribution in [1.29, 1.82) is 0 Å². The van der Waals surface area contributed by atoms with E-state index in [1.807, 2.05) is 0 Å². The van der Waals surface area contributed by atoms with Crippen molar-refractivity contribution in [3.05, 3.63) is 41.7 Å². The third-order valence-electron chi connectivity index (χ3n) is 5.69. The molecule has 0 spiro atoms. The molecule has 1 amide bonds. The molecule has 3 N–H and O–H groups in total. The summed E-state index contributed by atoms with van der Waals surface area (Å²) >= 11 is 0.765. The Balaban J connectivity index is 1.56. The van der Waals surface area contributed by atoms with Crippen molar-refractivity contribution in [2.75, 3.05) is 29.0 Å². The van der Waals surface area contributed by atoms with Crippen LogP contribution in [0.25, 0.3) is 10.6 Å². The molecule has 1 unspecified atom stereocenters. The maximum Gasteiger partial charge on any atom is 0.391 e. The third-order valence-corrected chi connectivity index (χ3v) is 6.59. The molecule has 0 bridgehead atoms. The van der Waals surface area contributed by atoms with Gasteiger partial charge in [-0.05, 0) is 31.4 Å². The summed E-state index contributed by atoms with van der Waals surface area (Å²) in [6, 6.07) is 3.35. The number of aromatic nitrogens is 3. The molecule has 1 saturated heterocycles. The second-order valence-corrected chi connectivity index (χ2v) is 8.98. The minimum absolute atomic E-state index is 0.0320. The van der Waals surface area contributed by atoms with Crippen molar-refractivity contribution in [3.8, 4) is 10.6 Å². The molecule has 4 rings (SSSR count). The molecule has 1 aromatic carbocycles. The first-order valence-electron chi connectivity index (χ1n) is 10.4. The number of carbonyl (C=O) groups excluding carboxylic acids is 1. The van der Waals surface area contributed by atoms with Gasteiger partial charge in [-0.25, -0.2) is 13.8 Å². The van der Waals surface area contributed by atoms with E-state index in [9.17, 15) is 26.7 Å². The van der Waals surface area contributed by atoms with Crippen molar-refractivity contribution in [2.24, 2.45) is 13.0 Å². The molecule has 1 atom stereocenters. The van der Waals surface area contributed by atoms with Crippen LogP contribution in [0.1, 0.15) is 29.8 Å². The molecule has 1 aliphatic rings. The number of benzene rings is 1. The van der Waals surface area contributed by atoms with Crippen LogP contribution in [0.3, 0.4) is 0 Å². The zero-order valence-electron chi connectivity index (χ0n) is 18.0. The summed E-state index contributed by atoms with van der Waals surface area (Å²) in [5.41, 5.74) is 5.57. The Morgan fingerprint density at radius 3 is 2.59 bits per heavy atom. The van der Waals surface area contributed by atoms with Gasteiger partial charge in [0.1, 0.15) is 27.3 Å². The Bertz CT molecular complexity index is 1190. The molecule has 182 valence electrons. The number of nitrogens with two attached hydrogens (primary N) is 1. The molecule has 34 heavy (non-hydrogen) atoms. The maximum atomic E-state index is 14.1. The topological polar surface area (TPSA) is 89.1 Å². The van der Waals surface area contributed by atoms with Gasteiger partial charge < -0.3 is 16.0 Å². The first-order chi connectivity index (χ1) is 16.1. The van der Waals surface area contributed by atoms with E-state index in [1.54, 1.807) is 11.9 Å². The quantitative estimate of drug-likeness (QED) is 0.502. The van der Waals surface area contributed by atoms with Gasteiger partial charge in [-0.3, -0.25) is 9.48 Å². The molecule has 13 heteroatoms. The number of alkyl halides is 3. The molecular formula is C21H21F5N6OS. The van der Waals surface area contributed by atoms with Crippen LogP contribution >= 0.6 is 11.3 Å². The van der Waals surface area contributed by atoms with Gasteiger partial charge in [-0.2, -0.15) is 18.3 Å². The van der Waals surface area contributed by atoms with Crippen LogP contribution in [-0.2, 0) is 7.05 Å². The van der Waals surface area contributed by atoms with Crippen molar-refractivity contribution < 1.29 is 26.7 Å². The average Bonchev–Trinajstić information content (AvgIpc) is 3.19. The first kappa shape index (κ1) is 23.9. The number of aryl methyl sites for hydroxylation is 1. The molecule has 1 fully saturated rings. The van der Waals surface area contributed by atoms with Crippen molar-refractivity contribution >= 4 is 33.8 Å². The highest BCUT2D eigenvalue weighted by Crippen LogP contribution is 2.37. The van der Waals surface area contributed by atoms with E-state index in [1.165, 1.54) is 16.9 Å². The summed E-state index contributed by atoms with van der Waals surface area (Å²) in [5, 5.41) is 6.63. The van der Waals surface area contributed by atoms with E-state index >= 15 is 0 Å². The second kappa shape index (κ2) is 9.20. The van der Waals surface area contributed by atoms with Gasteiger partial charge in [-0.15, -0.1) is 0 Å². The Kier molecular flexibility index (Phi) is 6.47. The number of nitrogen functional groups attached to an aromatic ring is 1. The lowest BCUT2D eigenvalue weighted by molar-refractivity contribution is -0.176. The van der Waals surface area contributed by atoms with Crippen LogP contribution in [0.5, 0.6) is 0 Å². The number of halogens is 5. The van der Waals surface area contributed by atoms with Crippen molar-refractivity contribution in [1.82, 2.24) is 14.8 Å². The second-order valence-electron chi connectivity index (χ2n) is 7.94. The summed E-state index contributed by atoms with van der Waals surface area (Å²) in [4.78, 5) is 18.7. The van der Waals surface area contributed by atoms with Gasteiger partial charge in [0.2, 0.25) is 0 Å². The first-order valence-corrected chi connectivity index (χ1v) is 11.2. The predicted molar refractivity (Wildman–Crippen MR) is 119 cm³/mol. The third kappa shape index (κ3) is 4.69. The molecule has 1 aliphatic heterocycles.